The van der Waals surface area contributed by atoms with Crippen molar-refractivity contribution < 1.29 is 19.7 Å². The van der Waals surface area contributed by atoms with E-state index in [1.165, 1.54) is 0 Å². The lowest BCUT2D eigenvalue weighted by atomic mass is 9.82. The van der Waals surface area contributed by atoms with Gasteiger partial charge in [-0.2, -0.15) is 0 Å². The predicted molar refractivity (Wildman–Crippen MR) is 80.8 cm³/mol. The molecule has 1 aromatic heterocycles. The van der Waals surface area contributed by atoms with Crippen molar-refractivity contribution >= 4 is 21.9 Å². The maximum Gasteiger partial charge on any atom is 0.308 e. The summed E-state index contributed by atoms with van der Waals surface area (Å²) in [7, 11) is 0. The van der Waals surface area contributed by atoms with E-state index in [4.69, 9.17) is 4.42 Å². The molecule has 2 aromatic carbocycles. The molecule has 3 rings (SSSR count). The highest BCUT2D eigenvalue weighted by atomic mass is 16.7. The Hall–Kier alpha value is -1.88. The molecule has 0 saturated heterocycles. The van der Waals surface area contributed by atoms with E-state index in [-0.39, 0.29) is 11.0 Å². The number of benzene rings is 2. The molecule has 4 heteroatoms. The van der Waals surface area contributed by atoms with Crippen LogP contribution in [-0.2, 0) is 11.4 Å². The molecule has 0 aliphatic carbocycles. The zero-order chi connectivity index (χ0) is 15.4. The van der Waals surface area contributed by atoms with E-state index < -0.39 is 5.97 Å². The third kappa shape index (κ3) is 2.21. The van der Waals surface area contributed by atoms with Crippen LogP contribution in [0.3, 0.4) is 0 Å². The summed E-state index contributed by atoms with van der Waals surface area (Å²) < 4.78 is 5.77. The lowest BCUT2D eigenvalue weighted by molar-refractivity contribution is -0.323. The van der Waals surface area contributed by atoms with Crippen LogP contribution in [0.5, 0.6) is 0 Å². The minimum atomic E-state index is -2.95. The van der Waals surface area contributed by atoms with Gasteiger partial charge in [-0.05, 0) is 17.0 Å². The van der Waals surface area contributed by atoms with E-state index in [9.17, 15) is 15.3 Å². The zero-order valence-electron chi connectivity index (χ0n) is 12.2. The molecule has 0 aliphatic heterocycles. The zero-order valence-corrected chi connectivity index (χ0v) is 12.2. The van der Waals surface area contributed by atoms with Crippen molar-refractivity contribution in [3.05, 3.63) is 47.5 Å². The van der Waals surface area contributed by atoms with Crippen LogP contribution < -0.4 is 0 Å². The minimum absolute atomic E-state index is 0.00343. The maximum atomic E-state index is 9.81. The van der Waals surface area contributed by atoms with Crippen LogP contribution in [0.2, 0.25) is 0 Å². The van der Waals surface area contributed by atoms with E-state index in [1.807, 2.05) is 51.1 Å². The molecule has 0 saturated carbocycles. The highest BCUT2D eigenvalue weighted by Crippen LogP contribution is 2.39. The van der Waals surface area contributed by atoms with Gasteiger partial charge in [0.2, 0.25) is 0 Å². The van der Waals surface area contributed by atoms with Crippen LogP contribution in [0, 0.1) is 0 Å². The molecule has 0 amide bonds. The first-order chi connectivity index (χ1) is 9.69. The fraction of sp³-hybridized carbons (Fsp3) is 0.294. The molecule has 4 nitrogen and oxygen atoms in total. The van der Waals surface area contributed by atoms with Crippen molar-refractivity contribution in [3.63, 3.8) is 0 Å². The summed E-state index contributed by atoms with van der Waals surface area (Å²) in [6.45, 7) is 5.81. The molecule has 0 bridgehead atoms. The Morgan fingerprint density at radius 3 is 2.14 bits per heavy atom. The summed E-state index contributed by atoms with van der Waals surface area (Å²) in [6.07, 6.45) is 0. The van der Waals surface area contributed by atoms with Gasteiger partial charge in [-0.1, -0.05) is 51.1 Å². The monoisotopic (exact) mass is 286 g/mol. The Kier molecular flexibility index (Phi) is 2.89. The van der Waals surface area contributed by atoms with Crippen LogP contribution >= 0.6 is 0 Å². The normalized spacial score (nSPS) is 13.2. The minimum Gasteiger partial charge on any atom is -0.455 e. The third-order valence-corrected chi connectivity index (χ3v) is 3.69. The topological polar surface area (TPSA) is 73.8 Å². The maximum absolute atomic E-state index is 9.81. The molecular weight excluding hydrogens is 268 g/mol. The first-order valence-electron chi connectivity index (χ1n) is 6.82. The fourth-order valence-corrected chi connectivity index (χ4v) is 2.75. The second-order valence-corrected chi connectivity index (χ2v) is 6.35. The number of hydrogen-bond donors (Lipinski definition) is 3. The van der Waals surface area contributed by atoms with Gasteiger partial charge < -0.3 is 19.7 Å². The Labute approximate surface area is 122 Å². The highest BCUT2D eigenvalue weighted by Gasteiger charge is 2.34. The van der Waals surface area contributed by atoms with E-state index in [0.717, 1.165) is 10.8 Å². The van der Waals surface area contributed by atoms with E-state index in [1.54, 1.807) is 6.07 Å². The summed E-state index contributed by atoms with van der Waals surface area (Å²) in [6, 6.07) is 11.1. The van der Waals surface area contributed by atoms with E-state index >= 15 is 0 Å². The fourth-order valence-electron chi connectivity index (χ4n) is 2.75. The number of aliphatic hydroxyl groups is 3. The molecule has 1 heterocycles. The van der Waals surface area contributed by atoms with Crippen molar-refractivity contribution in [2.75, 3.05) is 0 Å². The van der Waals surface area contributed by atoms with Crippen LogP contribution in [0.4, 0.5) is 0 Å². The standard InChI is InChI=1S/C17H18O4/c1-16(2,3)12-9-8-11-10-6-4-5-7-13(10)21-15(11)14(12)17(18,19)20/h4-9,18-20H,1-3H3. The molecule has 110 valence electrons. The van der Waals surface area contributed by atoms with Crippen LogP contribution in [-0.4, -0.2) is 15.3 Å². The van der Waals surface area contributed by atoms with Gasteiger partial charge in [0, 0.05) is 10.8 Å². The first-order valence-corrected chi connectivity index (χ1v) is 6.82. The Balaban J connectivity index is 2.50. The predicted octanol–water partition coefficient (Wildman–Crippen LogP) is 2.97. The van der Waals surface area contributed by atoms with Gasteiger partial charge in [-0.3, -0.25) is 0 Å². The number of fused-ring (bicyclic) bond motifs is 3. The van der Waals surface area contributed by atoms with Gasteiger partial charge in [0.25, 0.3) is 0 Å². The lowest BCUT2D eigenvalue weighted by Crippen LogP contribution is -2.29. The number of hydrogen-bond acceptors (Lipinski definition) is 4. The molecule has 0 unspecified atom stereocenters. The quantitative estimate of drug-likeness (QED) is 0.601. The van der Waals surface area contributed by atoms with E-state index in [2.05, 4.69) is 0 Å². The van der Waals surface area contributed by atoms with E-state index in [0.29, 0.717) is 16.7 Å². The average molecular weight is 286 g/mol. The van der Waals surface area contributed by atoms with Gasteiger partial charge in [0.1, 0.15) is 11.2 Å². The Morgan fingerprint density at radius 1 is 0.857 bits per heavy atom. The molecule has 0 spiro atoms. The Bertz CT molecular complexity index is 816. The molecular formula is C17H18O4. The molecule has 0 radical (unpaired) electrons. The molecule has 0 fully saturated rings. The van der Waals surface area contributed by atoms with Gasteiger partial charge in [-0.25, -0.2) is 0 Å². The number of rotatable bonds is 1. The third-order valence-electron chi connectivity index (χ3n) is 3.69. The number of furan rings is 1. The SMILES string of the molecule is CC(C)(C)c1ccc2c(oc3ccccc32)c1C(O)(O)O. The van der Waals surface area contributed by atoms with Crippen molar-refractivity contribution in [2.24, 2.45) is 0 Å². The van der Waals surface area contributed by atoms with Crippen LogP contribution in [0.1, 0.15) is 31.9 Å². The molecule has 3 N–H and O–H groups in total. The first kappa shape index (κ1) is 14.1. The summed E-state index contributed by atoms with van der Waals surface area (Å²) >= 11 is 0. The highest BCUT2D eigenvalue weighted by molar-refractivity contribution is 6.06. The summed E-state index contributed by atoms with van der Waals surface area (Å²) in [5.74, 6) is -2.95. The van der Waals surface area contributed by atoms with Crippen molar-refractivity contribution in [1.82, 2.24) is 0 Å². The summed E-state index contributed by atoms with van der Waals surface area (Å²) in [5.41, 5.74) is 1.20. The smallest absolute Gasteiger partial charge is 0.308 e. The van der Waals surface area contributed by atoms with Gasteiger partial charge in [-0.15, -0.1) is 0 Å². The van der Waals surface area contributed by atoms with Crippen molar-refractivity contribution in [1.29, 1.82) is 0 Å². The summed E-state index contributed by atoms with van der Waals surface area (Å²) in [4.78, 5) is 0. The summed E-state index contributed by atoms with van der Waals surface area (Å²) in [5, 5.41) is 31.0. The molecule has 21 heavy (non-hydrogen) atoms. The van der Waals surface area contributed by atoms with Crippen LogP contribution in [0.15, 0.2) is 40.8 Å². The number of para-hydroxylation sites is 1. The van der Waals surface area contributed by atoms with Crippen molar-refractivity contribution in [2.45, 2.75) is 32.2 Å². The Morgan fingerprint density at radius 2 is 1.52 bits per heavy atom. The largest absolute Gasteiger partial charge is 0.455 e. The average Bonchev–Trinajstić information content (AvgIpc) is 2.73. The second kappa shape index (κ2) is 4.31. The van der Waals surface area contributed by atoms with Gasteiger partial charge in [0.05, 0.1) is 5.56 Å². The molecule has 0 atom stereocenters. The van der Waals surface area contributed by atoms with Crippen LogP contribution in [0.25, 0.3) is 21.9 Å². The lowest BCUT2D eigenvalue weighted by Gasteiger charge is -2.26. The molecule has 3 aromatic rings. The van der Waals surface area contributed by atoms with Gasteiger partial charge in [0.15, 0.2) is 0 Å². The molecule has 0 aliphatic rings. The van der Waals surface area contributed by atoms with Crippen molar-refractivity contribution in [3.8, 4) is 0 Å². The second-order valence-electron chi connectivity index (χ2n) is 6.35. The van der Waals surface area contributed by atoms with Gasteiger partial charge >= 0.3 is 5.97 Å².